The van der Waals surface area contributed by atoms with Gasteiger partial charge in [-0.1, -0.05) is 39.5 Å². The third kappa shape index (κ3) is 10.3. The summed E-state index contributed by atoms with van der Waals surface area (Å²) in [6.45, 7) is 7.72. The molecular weight excluding hydrogens is 211 g/mol. The van der Waals surface area contributed by atoms with Crippen LogP contribution in [0.25, 0.3) is 0 Å². The van der Waals surface area contributed by atoms with Gasteiger partial charge in [0.1, 0.15) is 12.2 Å². The van der Waals surface area contributed by atoms with Crippen molar-refractivity contribution in [1.82, 2.24) is 0 Å². The minimum absolute atomic E-state index is 0. The summed E-state index contributed by atoms with van der Waals surface area (Å²) in [4.78, 5) is 0. The number of rotatable bonds is 7. The Bertz CT molecular complexity index is 131. The first-order chi connectivity index (χ1) is 7.36. The lowest BCUT2D eigenvalue weighted by Crippen LogP contribution is -2.06. The summed E-state index contributed by atoms with van der Waals surface area (Å²) >= 11 is 0. The second-order valence-electron chi connectivity index (χ2n) is 4.16. The van der Waals surface area contributed by atoms with Gasteiger partial charge in [0.05, 0.1) is 26.4 Å². The smallest absolute Gasteiger partial charge is 0.104 e. The molecule has 2 heterocycles. The Hall–Kier alpha value is -0.190. The lowest BCUT2D eigenvalue weighted by atomic mass is 10.2. The summed E-state index contributed by atoms with van der Waals surface area (Å²) in [6, 6.07) is 0. The van der Waals surface area contributed by atoms with Crippen molar-refractivity contribution in [3.05, 3.63) is 0 Å². The molecule has 0 radical (unpaired) electrons. The molecule has 2 aliphatic rings. The molecular formula is C12H25FO3. The molecule has 3 nitrogen and oxygen atoms in total. The Morgan fingerprint density at radius 1 is 0.938 bits per heavy atom. The Balaban J connectivity index is 0.000000289. The van der Waals surface area contributed by atoms with Crippen molar-refractivity contribution in [2.24, 2.45) is 0 Å². The van der Waals surface area contributed by atoms with E-state index in [0.29, 0.717) is 12.2 Å². The SMILES string of the molecule is C(OCC1CO1)C1CO1.CCCCCC.F. The predicted octanol–water partition coefficient (Wildman–Crippen LogP) is 2.54. The quantitative estimate of drug-likeness (QED) is 0.503. The number of hydrogen-bond acceptors (Lipinski definition) is 3. The van der Waals surface area contributed by atoms with Gasteiger partial charge in [-0.25, -0.2) is 0 Å². The van der Waals surface area contributed by atoms with E-state index in [2.05, 4.69) is 13.8 Å². The summed E-state index contributed by atoms with van der Waals surface area (Å²) in [5.41, 5.74) is 0. The van der Waals surface area contributed by atoms with Crippen LogP contribution in [0.1, 0.15) is 39.5 Å². The van der Waals surface area contributed by atoms with Crippen LogP contribution in [0.4, 0.5) is 4.70 Å². The molecule has 0 aromatic rings. The van der Waals surface area contributed by atoms with Crippen molar-refractivity contribution in [2.75, 3.05) is 26.4 Å². The average molecular weight is 236 g/mol. The zero-order chi connectivity index (χ0) is 10.9. The first kappa shape index (κ1) is 15.8. The topological polar surface area (TPSA) is 34.3 Å². The van der Waals surface area contributed by atoms with E-state index in [-0.39, 0.29) is 4.70 Å². The molecule has 16 heavy (non-hydrogen) atoms. The zero-order valence-corrected chi connectivity index (χ0v) is 10.4. The van der Waals surface area contributed by atoms with Crippen LogP contribution in [0.3, 0.4) is 0 Å². The number of epoxide rings is 2. The molecule has 2 rings (SSSR count). The van der Waals surface area contributed by atoms with E-state index < -0.39 is 0 Å². The molecule has 0 amide bonds. The molecule has 0 aliphatic carbocycles. The fourth-order valence-corrected chi connectivity index (χ4v) is 1.16. The molecule has 2 atom stereocenters. The van der Waals surface area contributed by atoms with Crippen molar-refractivity contribution in [3.8, 4) is 0 Å². The maximum Gasteiger partial charge on any atom is 0.104 e. The summed E-state index contributed by atoms with van der Waals surface area (Å²) < 4.78 is 15.1. The molecule has 2 fully saturated rings. The van der Waals surface area contributed by atoms with E-state index in [9.17, 15) is 0 Å². The number of unbranched alkanes of at least 4 members (excludes halogenated alkanes) is 3. The second-order valence-corrected chi connectivity index (χ2v) is 4.16. The Labute approximate surface area is 97.8 Å². The minimum Gasteiger partial charge on any atom is -0.376 e. The van der Waals surface area contributed by atoms with Crippen molar-refractivity contribution in [3.63, 3.8) is 0 Å². The van der Waals surface area contributed by atoms with Gasteiger partial charge in [-0.05, 0) is 0 Å². The van der Waals surface area contributed by atoms with Gasteiger partial charge < -0.3 is 14.2 Å². The van der Waals surface area contributed by atoms with Crippen LogP contribution >= 0.6 is 0 Å². The van der Waals surface area contributed by atoms with Crippen LogP contribution in [-0.2, 0) is 14.2 Å². The highest BCUT2D eigenvalue weighted by atomic mass is 19.0. The maximum atomic E-state index is 5.23. The van der Waals surface area contributed by atoms with Crippen molar-refractivity contribution < 1.29 is 18.9 Å². The highest BCUT2D eigenvalue weighted by molar-refractivity contribution is 4.71. The fourth-order valence-electron chi connectivity index (χ4n) is 1.16. The molecule has 0 saturated carbocycles. The number of ether oxygens (including phenoxy) is 3. The molecule has 0 N–H and O–H groups in total. The standard InChI is InChI=1S/C6H10O3.C6H14.FH/c1(5-3-8-5)7-2-6-4-9-6;1-3-5-6-4-2;/h5-6H,1-4H2;3-6H2,1-2H3;1H. The van der Waals surface area contributed by atoms with Gasteiger partial charge in [-0.3, -0.25) is 4.70 Å². The van der Waals surface area contributed by atoms with E-state index in [1.54, 1.807) is 0 Å². The van der Waals surface area contributed by atoms with E-state index >= 15 is 0 Å². The second kappa shape index (κ2) is 10.00. The Morgan fingerprint density at radius 2 is 1.31 bits per heavy atom. The van der Waals surface area contributed by atoms with Gasteiger partial charge in [0.15, 0.2) is 0 Å². The average Bonchev–Trinajstić information content (AvgIpc) is 3.08. The monoisotopic (exact) mass is 236 g/mol. The van der Waals surface area contributed by atoms with Crippen LogP contribution in [0.15, 0.2) is 0 Å². The molecule has 0 bridgehead atoms. The van der Waals surface area contributed by atoms with Gasteiger partial charge in [-0.2, -0.15) is 0 Å². The van der Waals surface area contributed by atoms with Gasteiger partial charge in [-0.15, -0.1) is 0 Å². The maximum absolute atomic E-state index is 5.23. The van der Waals surface area contributed by atoms with Crippen LogP contribution in [0.5, 0.6) is 0 Å². The molecule has 2 unspecified atom stereocenters. The lowest BCUT2D eigenvalue weighted by molar-refractivity contribution is 0.102. The third-order valence-electron chi connectivity index (χ3n) is 2.37. The zero-order valence-electron chi connectivity index (χ0n) is 10.4. The van der Waals surface area contributed by atoms with E-state index in [0.717, 1.165) is 26.4 Å². The van der Waals surface area contributed by atoms with Crippen molar-refractivity contribution >= 4 is 0 Å². The first-order valence-electron chi connectivity index (χ1n) is 6.17. The number of halogens is 1. The van der Waals surface area contributed by atoms with Crippen LogP contribution < -0.4 is 0 Å². The lowest BCUT2D eigenvalue weighted by Gasteiger charge is -1.95. The largest absolute Gasteiger partial charge is 0.376 e. The predicted molar refractivity (Wildman–Crippen MR) is 62.6 cm³/mol. The van der Waals surface area contributed by atoms with Gasteiger partial charge >= 0.3 is 0 Å². The molecule has 2 aliphatic heterocycles. The molecule has 4 heteroatoms. The first-order valence-corrected chi connectivity index (χ1v) is 6.17. The van der Waals surface area contributed by atoms with Crippen LogP contribution in [0, 0.1) is 0 Å². The van der Waals surface area contributed by atoms with Crippen LogP contribution in [-0.4, -0.2) is 38.6 Å². The normalized spacial score (nSPS) is 25.1. The molecule has 98 valence electrons. The summed E-state index contributed by atoms with van der Waals surface area (Å²) in [5, 5.41) is 0. The summed E-state index contributed by atoms with van der Waals surface area (Å²) in [6.07, 6.45) is 6.32. The van der Waals surface area contributed by atoms with Gasteiger partial charge in [0.25, 0.3) is 0 Å². The van der Waals surface area contributed by atoms with Crippen molar-refractivity contribution in [2.45, 2.75) is 51.7 Å². The van der Waals surface area contributed by atoms with Gasteiger partial charge in [0.2, 0.25) is 0 Å². The Kier molecular flexibility index (Phi) is 9.88. The highest BCUT2D eigenvalue weighted by Crippen LogP contribution is 2.12. The molecule has 0 aromatic carbocycles. The van der Waals surface area contributed by atoms with E-state index in [1.807, 2.05) is 0 Å². The van der Waals surface area contributed by atoms with E-state index in [4.69, 9.17) is 14.2 Å². The minimum atomic E-state index is 0. The summed E-state index contributed by atoms with van der Waals surface area (Å²) in [5.74, 6) is 0. The third-order valence-corrected chi connectivity index (χ3v) is 2.37. The molecule has 0 aromatic heterocycles. The molecule has 2 saturated heterocycles. The van der Waals surface area contributed by atoms with Gasteiger partial charge in [0, 0.05) is 0 Å². The Morgan fingerprint density at radius 3 is 1.56 bits per heavy atom. The van der Waals surface area contributed by atoms with Crippen molar-refractivity contribution in [1.29, 1.82) is 0 Å². The highest BCUT2D eigenvalue weighted by Gasteiger charge is 2.26. The molecule has 0 spiro atoms. The summed E-state index contributed by atoms with van der Waals surface area (Å²) in [7, 11) is 0. The van der Waals surface area contributed by atoms with Crippen LogP contribution in [0.2, 0.25) is 0 Å². The van der Waals surface area contributed by atoms with E-state index in [1.165, 1.54) is 25.7 Å². The fraction of sp³-hybridized carbons (Fsp3) is 1.00. The number of hydrogen-bond donors (Lipinski definition) is 0.